The van der Waals surface area contributed by atoms with Crippen molar-refractivity contribution in [3.8, 4) is 6.07 Å². The van der Waals surface area contributed by atoms with E-state index in [0.29, 0.717) is 43.9 Å². The first-order valence-electron chi connectivity index (χ1n) is 9.00. The average molecular weight is 356 g/mol. The van der Waals surface area contributed by atoms with Crippen molar-refractivity contribution in [3.05, 3.63) is 35.4 Å². The lowest BCUT2D eigenvalue weighted by Crippen LogP contribution is -2.57. The van der Waals surface area contributed by atoms with Gasteiger partial charge in [-0.3, -0.25) is 14.5 Å². The summed E-state index contributed by atoms with van der Waals surface area (Å²) >= 11 is 0. The van der Waals surface area contributed by atoms with Crippen LogP contribution in [0.5, 0.6) is 0 Å². The second kappa shape index (κ2) is 7.85. The molecule has 138 valence electrons. The van der Waals surface area contributed by atoms with Crippen LogP contribution in [0.3, 0.4) is 0 Å². The molecule has 0 aliphatic carbocycles. The van der Waals surface area contributed by atoms with E-state index in [1.54, 1.807) is 24.3 Å². The van der Waals surface area contributed by atoms with Crippen molar-refractivity contribution in [1.29, 1.82) is 5.26 Å². The fourth-order valence-electron chi connectivity index (χ4n) is 3.83. The minimum atomic E-state index is -0.754. The summed E-state index contributed by atoms with van der Waals surface area (Å²) in [6.07, 6.45) is 0. The summed E-state index contributed by atoms with van der Waals surface area (Å²) in [4.78, 5) is 30.6. The lowest BCUT2D eigenvalue weighted by molar-refractivity contribution is -0.142. The Balaban J connectivity index is 1.74. The van der Waals surface area contributed by atoms with Crippen LogP contribution in [-0.4, -0.2) is 83.5 Å². The van der Waals surface area contributed by atoms with E-state index in [9.17, 15) is 14.7 Å². The quantitative estimate of drug-likeness (QED) is 0.859. The van der Waals surface area contributed by atoms with Crippen molar-refractivity contribution in [2.24, 2.45) is 5.92 Å². The first-order chi connectivity index (χ1) is 12.5. The number of nitriles is 1. The maximum atomic E-state index is 12.8. The summed E-state index contributed by atoms with van der Waals surface area (Å²) in [6, 6.07) is 8.98. The van der Waals surface area contributed by atoms with E-state index in [-0.39, 0.29) is 11.9 Å². The first kappa shape index (κ1) is 18.4. The Labute approximate surface area is 153 Å². The zero-order valence-corrected chi connectivity index (χ0v) is 15.0. The normalized spacial score (nSPS) is 24.4. The number of likely N-dealkylation sites (N-methyl/N-ethyl adjacent to an activating group) is 1. The highest BCUT2D eigenvalue weighted by molar-refractivity contribution is 5.94. The van der Waals surface area contributed by atoms with Gasteiger partial charge in [0, 0.05) is 50.9 Å². The van der Waals surface area contributed by atoms with Crippen LogP contribution in [0.1, 0.15) is 22.8 Å². The Hall–Kier alpha value is -2.43. The molecule has 26 heavy (non-hydrogen) atoms. The molecule has 0 unspecified atom stereocenters. The number of carboxylic acids is 1. The molecule has 3 rings (SSSR count). The molecule has 2 aliphatic heterocycles. The molecule has 2 atom stereocenters. The van der Waals surface area contributed by atoms with Gasteiger partial charge in [-0.25, -0.2) is 0 Å². The number of benzene rings is 1. The number of hydrogen-bond acceptors (Lipinski definition) is 5. The van der Waals surface area contributed by atoms with Gasteiger partial charge in [0.1, 0.15) is 0 Å². The molecule has 7 heteroatoms. The van der Waals surface area contributed by atoms with Gasteiger partial charge in [0.2, 0.25) is 0 Å². The molecule has 1 amide bonds. The summed E-state index contributed by atoms with van der Waals surface area (Å²) in [5.41, 5.74) is 1.01. The number of fused-ring (bicyclic) bond motifs is 1. The second-order valence-corrected chi connectivity index (χ2v) is 6.98. The van der Waals surface area contributed by atoms with Crippen molar-refractivity contribution in [1.82, 2.24) is 14.7 Å². The minimum Gasteiger partial charge on any atom is -0.481 e. The van der Waals surface area contributed by atoms with E-state index < -0.39 is 11.9 Å². The number of carbonyl (C=O) groups excluding carboxylic acids is 1. The summed E-state index contributed by atoms with van der Waals surface area (Å²) in [6.45, 7) is 6.51. The Morgan fingerprint density at radius 1 is 1.23 bits per heavy atom. The molecular weight excluding hydrogens is 332 g/mol. The van der Waals surface area contributed by atoms with Gasteiger partial charge >= 0.3 is 5.97 Å². The number of hydrogen-bond donors (Lipinski definition) is 1. The second-order valence-electron chi connectivity index (χ2n) is 6.98. The zero-order chi connectivity index (χ0) is 18.7. The third-order valence-corrected chi connectivity index (χ3v) is 5.33. The molecule has 1 aromatic rings. The summed E-state index contributed by atoms with van der Waals surface area (Å²) < 4.78 is 0. The third-order valence-electron chi connectivity index (χ3n) is 5.33. The summed E-state index contributed by atoms with van der Waals surface area (Å²) in [5.74, 6) is -1.21. The van der Waals surface area contributed by atoms with Crippen molar-refractivity contribution in [2.75, 3.05) is 45.8 Å². The molecule has 2 fully saturated rings. The monoisotopic (exact) mass is 356 g/mol. The maximum Gasteiger partial charge on any atom is 0.309 e. The molecule has 2 saturated heterocycles. The van der Waals surface area contributed by atoms with E-state index in [0.717, 1.165) is 13.1 Å². The van der Waals surface area contributed by atoms with E-state index in [4.69, 9.17) is 5.26 Å². The molecule has 1 N–H and O–H groups in total. The van der Waals surface area contributed by atoms with E-state index >= 15 is 0 Å². The van der Waals surface area contributed by atoms with Gasteiger partial charge in [0.25, 0.3) is 5.91 Å². The Kier molecular flexibility index (Phi) is 5.55. The molecular formula is C19H24N4O3. The van der Waals surface area contributed by atoms with E-state index in [1.807, 2.05) is 11.8 Å². The number of aliphatic carboxylic acids is 1. The molecule has 0 saturated carbocycles. The van der Waals surface area contributed by atoms with Gasteiger partial charge in [-0.2, -0.15) is 5.26 Å². The highest BCUT2D eigenvalue weighted by atomic mass is 16.4. The predicted octanol–water partition coefficient (Wildman–Crippen LogP) is 0.721. The molecule has 0 radical (unpaired) electrons. The highest BCUT2D eigenvalue weighted by Crippen LogP contribution is 2.20. The molecule has 2 heterocycles. The van der Waals surface area contributed by atoms with Crippen molar-refractivity contribution in [2.45, 2.75) is 13.0 Å². The highest BCUT2D eigenvalue weighted by Gasteiger charge is 2.37. The third kappa shape index (κ3) is 3.87. The van der Waals surface area contributed by atoms with Crippen LogP contribution >= 0.6 is 0 Å². The zero-order valence-electron chi connectivity index (χ0n) is 15.0. The molecule has 2 aliphatic rings. The lowest BCUT2D eigenvalue weighted by Gasteiger charge is -2.41. The van der Waals surface area contributed by atoms with Gasteiger partial charge in [0.05, 0.1) is 17.6 Å². The van der Waals surface area contributed by atoms with Crippen LogP contribution in [-0.2, 0) is 4.79 Å². The van der Waals surface area contributed by atoms with Crippen molar-refractivity contribution >= 4 is 11.9 Å². The van der Waals surface area contributed by atoms with Crippen LogP contribution in [0.4, 0.5) is 0 Å². The number of piperazine rings is 1. The van der Waals surface area contributed by atoms with Crippen LogP contribution in [0.2, 0.25) is 0 Å². The van der Waals surface area contributed by atoms with Gasteiger partial charge < -0.3 is 14.9 Å². The smallest absolute Gasteiger partial charge is 0.309 e. The Bertz CT molecular complexity index is 730. The number of carbonyl (C=O) groups is 2. The summed E-state index contributed by atoms with van der Waals surface area (Å²) in [5, 5.41) is 18.5. The van der Waals surface area contributed by atoms with Gasteiger partial charge in [-0.15, -0.1) is 0 Å². The number of nitrogens with zero attached hydrogens (tertiary/aromatic N) is 4. The Morgan fingerprint density at radius 2 is 2.04 bits per heavy atom. The predicted molar refractivity (Wildman–Crippen MR) is 95.7 cm³/mol. The molecule has 0 aromatic heterocycles. The van der Waals surface area contributed by atoms with Crippen LogP contribution in [0, 0.1) is 17.2 Å². The minimum absolute atomic E-state index is 0.0659. The average Bonchev–Trinajstić information content (AvgIpc) is 2.86. The number of carboxylic acid groups (broad SMARTS) is 1. The summed E-state index contributed by atoms with van der Waals surface area (Å²) in [7, 11) is 0. The number of rotatable bonds is 3. The van der Waals surface area contributed by atoms with E-state index in [1.165, 1.54) is 0 Å². The van der Waals surface area contributed by atoms with E-state index in [2.05, 4.69) is 15.9 Å². The standard InChI is InChI=1S/C19H24N4O3/c1-2-21-10-16(19(25)26)11-22-6-7-23(13-17(22)12-21)18(24)15-5-3-4-14(8-15)9-20/h3-5,8,16-17H,2,6-7,10-13H2,1H3,(H,25,26)/t16-,17+/m0/s1. The molecule has 0 spiro atoms. The SMILES string of the molecule is CCN1C[C@H](C(=O)O)CN2CCN(C(=O)c3cccc(C#N)c3)C[C@H]2C1. The fraction of sp³-hybridized carbons (Fsp3) is 0.526. The molecule has 0 bridgehead atoms. The maximum absolute atomic E-state index is 12.8. The lowest BCUT2D eigenvalue weighted by atomic mass is 10.1. The largest absolute Gasteiger partial charge is 0.481 e. The van der Waals surface area contributed by atoms with Gasteiger partial charge in [-0.1, -0.05) is 13.0 Å². The van der Waals surface area contributed by atoms with Gasteiger partial charge in [0.15, 0.2) is 0 Å². The molecule has 7 nitrogen and oxygen atoms in total. The van der Waals surface area contributed by atoms with Crippen molar-refractivity contribution in [3.63, 3.8) is 0 Å². The first-order valence-corrected chi connectivity index (χ1v) is 9.00. The van der Waals surface area contributed by atoms with Crippen LogP contribution < -0.4 is 0 Å². The topological polar surface area (TPSA) is 87.9 Å². The number of amides is 1. The van der Waals surface area contributed by atoms with Crippen LogP contribution in [0.25, 0.3) is 0 Å². The van der Waals surface area contributed by atoms with Crippen LogP contribution in [0.15, 0.2) is 24.3 Å². The van der Waals surface area contributed by atoms with Gasteiger partial charge in [-0.05, 0) is 24.7 Å². The molecule has 1 aromatic carbocycles. The Morgan fingerprint density at radius 3 is 2.73 bits per heavy atom. The fourth-order valence-corrected chi connectivity index (χ4v) is 3.83. The van der Waals surface area contributed by atoms with Crippen molar-refractivity contribution < 1.29 is 14.7 Å².